The molecule has 5 heteroatoms. The Labute approximate surface area is 139 Å². The van der Waals surface area contributed by atoms with Gasteiger partial charge in [0.25, 0.3) is 5.91 Å². The summed E-state index contributed by atoms with van der Waals surface area (Å²) in [7, 11) is 0. The summed E-state index contributed by atoms with van der Waals surface area (Å²) in [5.41, 5.74) is 1.95. The molecule has 1 aliphatic heterocycles. The van der Waals surface area contributed by atoms with Crippen molar-refractivity contribution in [3.8, 4) is 0 Å². The van der Waals surface area contributed by atoms with E-state index in [2.05, 4.69) is 4.99 Å². The third-order valence-corrected chi connectivity index (χ3v) is 3.87. The summed E-state index contributed by atoms with van der Waals surface area (Å²) in [6, 6.07) is 16.6. The molecular weight excluding hydrogens is 312 g/mol. The highest BCUT2D eigenvalue weighted by Gasteiger charge is 2.36. The maximum Gasteiger partial charge on any atom is 0.279 e. The number of anilines is 1. The number of carbonyl (C=O) groups is 2. The molecule has 116 valence electrons. The first-order valence-electron chi connectivity index (χ1n) is 7.35. The molecule has 1 saturated heterocycles. The molecule has 3 rings (SSSR count). The molecule has 2 aromatic rings. The third kappa shape index (κ3) is 3.48. The van der Waals surface area contributed by atoms with Gasteiger partial charge >= 0.3 is 0 Å². The number of carbonyl (C=O) groups excluding carboxylic acids is 2. The van der Waals surface area contributed by atoms with E-state index >= 15 is 0 Å². The molecule has 0 N–H and O–H groups in total. The van der Waals surface area contributed by atoms with Gasteiger partial charge in [0.2, 0.25) is 5.91 Å². The van der Waals surface area contributed by atoms with Crippen molar-refractivity contribution >= 4 is 34.8 Å². The van der Waals surface area contributed by atoms with Gasteiger partial charge in [0.05, 0.1) is 12.1 Å². The molecule has 0 aliphatic carbocycles. The van der Waals surface area contributed by atoms with Gasteiger partial charge in [0.15, 0.2) is 0 Å². The first-order valence-corrected chi connectivity index (χ1v) is 7.73. The van der Waals surface area contributed by atoms with E-state index in [1.807, 2.05) is 30.3 Å². The molecule has 0 atom stereocenters. The lowest BCUT2D eigenvalue weighted by molar-refractivity contribution is -0.120. The quantitative estimate of drug-likeness (QED) is 0.809. The van der Waals surface area contributed by atoms with Crippen molar-refractivity contribution in [1.29, 1.82) is 0 Å². The van der Waals surface area contributed by atoms with Gasteiger partial charge in [-0.25, -0.2) is 4.90 Å². The molecule has 0 unspecified atom stereocenters. The van der Waals surface area contributed by atoms with E-state index in [9.17, 15) is 9.59 Å². The number of halogens is 1. The van der Waals surface area contributed by atoms with Crippen molar-refractivity contribution in [2.24, 2.45) is 4.99 Å². The zero-order chi connectivity index (χ0) is 16.2. The molecule has 2 amide bonds. The molecule has 4 nitrogen and oxygen atoms in total. The van der Waals surface area contributed by atoms with E-state index in [0.717, 1.165) is 16.9 Å². The second-order valence-electron chi connectivity index (χ2n) is 5.25. The second-order valence-corrected chi connectivity index (χ2v) is 5.69. The average molecular weight is 327 g/mol. The highest BCUT2D eigenvalue weighted by atomic mass is 35.5. The van der Waals surface area contributed by atoms with Crippen LogP contribution in [0.15, 0.2) is 59.6 Å². The molecule has 23 heavy (non-hydrogen) atoms. The third-order valence-electron chi connectivity index (χ3n) is 3.63. The molecule has 2 aromatic carbocycles. The van der Waals surface area contributed by atoms with Crippen LogP contribution in [0, 0.1) is 0 Å². The van der Waals surface area contributed by atoms with E-state index in [1.165, 1.54) is 0 Å². The summed E-state index contributed by atoms with van der Waals surface area (Å²) in [4.78, 5) is 30.0. The van der Waals surface area contributed by atoms with Crippen molar-refractivity contribution in [3.63, 3.8) is 0 Å². The zero-order valence-electron chi connectivity index (χ0n) is 12.4. The molecule has 1 heterocycles. The van der Waals surface area contributed by atoms with Crippen LogP contribution in [-0.2, 0) is 16.0 Å². The fraction of sp³-hybridized carbons (Fsp3) is 0.167. The van der Waals surface area contributed by atoms with Gasteiger partial charge in [-0.15, -0.1) is 0 Å². The lowest BCUT2D eigenvalue weighted by atomic mass is 10.1. The van der Waals surface area contributed by atoms with Gasteiger partial charge in [-0.3, -0.25) is 14.6 Å². The molecule has 0 spiro atoms. The highest BCUT2D eigenvalue weighted by Crippen LogP contribution is 2.24. The summed E-state index contributed by atoms with van der Waals surface area (Å²) < 4.78 is 0. The Morgan fingerprint density at radius 3 is 2.57 bits per heavy atom. The minimum absolute atomic E-state index is 0.0418. The Hall–Kier alpha value is -2.46. The maximum atomic E-state index is 12.4. The first-order chi connectivity index (χ1) is 11.1. The number of amides is 2. The number of benzene rings is 2. The Morgan fingerprint density at radius 1 is 1.04 bits per heavy atom. The summed E-state index contributed by atoms with van der Waals surface area (Å²) in [5, 5.41) is 0.484. The van der Waals surface area contributed by atoms with E-state index in [-0.39, 0.29) is 18.2 Å². The number of hydrogen-bond donors (Lipinski definition) is 0. The van der Waals surface area contributed by atoms with Crippen LogP contribution in [-0.4, -0.2) is 24.1 Å². The van der Waals surface area contributed by atoms with Crippen molar-refractivity contribution in [2.75, 3.05) is 11.4 Å². The number of hydrogen-bond acceptors (Lipinski definition) is 3. The predicted molar refractivity (Wildman–Crippen MR) is 91.0 cm³/mol. The fourth-order valence-electron chi connectivity index (χ4n) is 2.50. The number of nitrogens with zero attached hydrogens (tertiary/aromatic N) is 2. The second kappa shape index (κ2) is 6.75. The standard InChI is InChI=1S/C18H15ClN2O2/c19-14-7-4-8-15(11-14)21-17(22)12-16(18(21)23)20-10-9-13-5-2-1-3-6-13/h1-8,11H,9-10,12H2. The van der Waals surface area contributed by atoms with Crippen LogP contribution in [0.25, 0.3) is 0 Å². The van der Waals surface area contributed by atoms with Crippen LogP contribution < -0.4 is 4.90 Å². The Balaban J connectivity index is 1.72. The van der Waals surface area contributed by atoms with Crippen LogP contribution in [0.2, 0.25) is 5.02 Å². The summed E-state index contributed by atoms with van der Waals surface area (Å²) in [5.74, 6) is -0.624. The normalized spacial score (nSPS) is 16.4. The SMILES string of the molecule is O=C1CC(=NCCc2ccccc2)C(=O)N1c1cccc(Cl)c1. The topological polar surface area (TPSA) is 49.7 Å². The van der Waals surface area contributed by atoms with E-state index < -0.39 is 0 Å². The van der Waals surface area contributed by atoms with Crippen LogP contribution >= 0.6 is 11.6 Å². The van der Waals surface area contributed by atoms with Crippen molar-refractivity contribution in [1.82, 2.24) is 0 Å². The maximum absolute atomic E-state index is 12.4. The highest BCUT2D eigenvalue weighted by molar-refractivity contribution is 6.56. The lowest BCUT2D eigenvalue weighted by Crippen LogP contribution is -2.30. The molecule has 0 saturated carbocycles. The molecule has 1 fully saturated rings. The Kier molecular flexibility index (Phi) is 4.53. The average Bonchev–Trinajstić information content (AvgIpc) is 2.82. The smallest absolute Gasteiger partial charge is 0.279 e. The van der Waals surface area contributed by atoms with Gasteiger partial charge in [-0.1, -0.05) is 48.0 Å². The summed E-state index contributed by atoms with van der Waals surface area (Å²) in [6.07, 6.45) is 0.781. The van der Waals surface area contributed by atoms with Gasteiger partial charge in [-0.2, -0.15) is 0 Å². The number of aliphatic imine (C=N–C) groups is 1. The fourth-order valence-corrected chi connectivity index (χ4v) is 2.69. The van der Waals surface area contributed by atoms with Gasteiger partial charge in [-0.05, 0) is 30.2 Å². The molecular formula is C18H15ClN2O2. The zero-order valence-corrected chi connectivity index (χ0v) is 13.2. The van der Waals surface area contributed by atoms with Crippen molar-refractivity contribution in [3.05, 3.63) is 65.2 Å². The van der Waals surface area contributed by atoms with Crippen LogP contribution in [0.5, 0.6) is 0 Å². The largest absolute Gasteiger partial charge is 0.283 e. The van der Waals surface area contributed by atoms with Gasteiger partial charge < -0.3 is 0 Å². The van der Waals surface area contributed by atoms with Crippen molar-refractivity contribution in [2.45, 2.75) is 12.8 Å². The van der Waals surface area contributed by atoms with Crippen LogP contribution in [0.4, 0.5) is 5.69 Å². The Morgan fingerprint density at radius 2 is 1.83 bits per heavy atom. The van der Waals surface area contributed by atoms with Gasteiger partial charge in [0.1, 0.15) is 5.71 Å². The van der Waals surface area contributed by atoms with E-state index in [4.69, 9.17) is 11.6 Å². The van der Waals surface area contributed by atoms with E-state index in [0.29, 0.717) is 23.0 Å². The van der Waals surface area contributed by atoms with Crippen LogP contribution in [0.1, 0.15) is 12.0 Å². The Bertz CT molecular complexity index is 772. The number of rotatable bonds is 4. The molecule has 0 aromatic heterocycles. The van der Waals surface area contributed by atoms with Gasteiger partial charge in [0, 0.05) is 11.6 Å². The summed E-state index contributed by atoms with van der Waals surface area (Å²) in [6.45, 7) is 0.488. The lowest BCUT2D eigenvalue weighted by Gasteiger charge is -2.13. The summed E-state index contributed by atoms with van der Waals surface area (Å²) >= 11 is 5.93. The molecule has 0 radical (unpaired) electrons. The first kappa shape index (κ1) is 15.4. The molecule has 1 aliphatic rings. The minimum Gasteiger partial charge on any atom is -0.283 e. The minimum atomic E-state index is -0.356. The number of imide groups is 1. The molecule has 0 bridgehead atoms. The van der Waals surface area contributed by atoms with E-state index in [1.54, 1.807) is 24.3 Å². The monoisotopic (exact) mass is 326 g/mol. The van der Waals surface area contributed by atoms with Crippen molar-refractivity contribution < 1.29 is 9.59 Å². The van der Waals surface area contributed by atoms with Crippen LogP contribution in [0.3, 0.4) is 0 Å². The predicted octanol–water partition coefficient (Wildman–Crippen LogP) is 3.29.